The Balaban J connectivity index is 1.74. The lowest BCUT2D eigenvalue weighted by atomic mass is 10.00. The van der Waals surface area contributed by atoms with Gasteiger partial charge in [0, 0.05) is 37.1 Å². The van der Waals surface area contributed by atoms with Crippen molar-refractivity contribution in [3.8, 4) is 5.75 Å². The molecular formula is C22H22F2N2O. The molecule has 0 radical (unpaired) electrons. The number of halogens is 2. The Bertz CT molecular complexity index is 920. The topological polar surface area (TPSA) is 17.4 Å². The first-order valence-electron chi connectivity index (χ1n) is 9.13. The fraction of sp³-hybridized carbons (Fsp3) is 0.273. The molecule has 4 rings (SSSR count). The van der Waals surface area contributed by atoms with Crippen LogP contribution in [0.3, 0.4) is 0 Å². The molecule has 1 unspecified atom stereocenters. The maximum absolute atomic E-state index is 14.7. The van der Waals surface area contributed by atoms with Crippen LogP contribution in [0.4, 0.5) is 8.78 Å². The smallest absolute Gasteiger partial charge is 0.163 e. The van der Waals surface area contributed by atoms with Crippen LogP contribution in [0.15, 0.2) is 60.8 Å². The summed E-state index contributed by atoms with van der Waals surface area (Å²) in [5, 5.41) is 0. The van der Waals surface area contributed by atoms with Crippen molar-refractivity contribution in [2.24, 2.45) is 0 Å². The van der Waals surface area contributed by atoms with Gasteiger partial charge in [-0.2, -0.15) is 0 Å². The molecule has 1 aromatic heterocycles. The summed E-state index contributed by atoms with van der Waals surface area (Å²) in [4.78, 5) is 2.22. The Hall–Kier alpha value is -2.66. The van der Waals surface area contributed by atoms with Gasteiger partial charge in [-0.05, 0) is 42.3 Å². The maximum Gasteiger partial charge on any atom is 0.163 e. The van der Waals surface area contributed by atoms with Gasteiger partial charge in [-0.1, -0.05) is 24.3 Å². The van der Waals surface area contributed by atoms with Crippen LogP contribution in [0.25, 0.3) is 0 Å². The van der Waals surface area contributed by atoms with Crippen molar-refractivity contribution in [1.82, 2.24) is 9.47 Å². The van der Waals surface area contributed by atoms with Crippen molar-refractivity contribution in [3.63, 3.8) is 0 Å². The van der Waals surface area contributed by atoms with Crippen molar-refractivity contribution in [3.05, 3.63) is 89.2 Å². The van der Waals surface area contributed by atoms with Crippen LogP contribution < -0.4 is 4.74 Å². The van der Waals surface area contributed by atoms with Gasteiger partial charge in [0.1, 0.15) is 5.75 Å². The number of fused-ring (bicyclic) bond motifs is 1. The van der Waals surface area contributed by atoms with Crippen LogP contribution in [-0.4, -0.2) is 23.1 Å². The van der Waals surface area contributed by atoms with E-state index in [1.807, 2.05) is 42.6 Å². The van der Waals surface area contributed by atoms with Crippen molar-refractivity contribution in [1.29, 1.82) is 0 Å². The number of methoxy groups -OCH3 is 1. The van der Waals surface area contributed by atoms with Gasteiger partial charge in [-0.25, -0.2) is 8.78 Å². The molecule has 0 amide bonds. The summed E-state index contributed by atoms with van der Waals surface area (Å²) in [6.45, 7) is 2.32. The van der Waals surface area contributed by atoms with Gasteiger partial charge in [-0.3, -0.25) is 4.90 Å². The van der Waals surface area contributed by atoms with Crippen LogP contribution in [0.5, 0.6) is 5.75 Å². The normalized spacial score (nSPS) is 17.4. The van der Waals surface area contributed by atoms with Gasteiger partial charge >= 0.3 is 0 Å². The molecule has 2 heterocycles. The number of ether oxygens (including phenoxy) is 1. The standard InChI is InChI=1S/C22H22F2N2O/c1-27-17-10-8-16(9-11-17)15-26-14-4-13-25-12-3-7-20(25)22(26)18-5-2-6-19(23)21(18)24/h2-3,5-12,22H,4,13-15H2,1H3. The molecule has 3 aromatic rings. The summed E-state index contributed by atoms with van der Waals surface area (Å²) >= 11 is 0. The lowest BCUT2D eigenvalue weighted by Crippen LogP contribution is -2.30. The monoisotopic (exact) mass is 368 g/mol. The minimum absolute atomic E-state index is 0.333. The number of aryl methyl sites for hydroxylation is 1. The Kier molecular flexibility index (Phi) is 4.94. The summed E-state index contributed by atoms with van der Waals surface area (Å²) in [6, 6.07) is 16.0. The Morgan fingerprint density at radius 1 is 1.00 bits per heavy atom. The summed E-state index contributed by atoms with van der Waals surface area (Å²) in [7, 11) is 1.64. The van der Waals surface area contributed by atoms with E-state index in [0.717, 1.165) is 36.5 Å². The minimum atomic E-state index is -0.806. The van der Waals surface area contributed by atoms with E-state index in [1.54, 1.807) is 19.2 Å². The van der Waals surface area contributed by atoms with E-state index in [2.05, 4.69) is 9.47 Å². The SMILES string of the molecule is COc1ccc(CN2CCCn3cccc3C2c2cccc(F)c2F)cc1. The Morgan fingerprint density at radius 3 is 2.59 bits per heavy atom. The molecule has 1 aliphatic heterocycles. The third-order valence-corrected chi connectivity index (χ3v) is 5.18. The number of benzene rings is 2. The van der Waals surface area contributed by atoms with Crippen LogP contribution in [-0.2, 0) is 13.1 Å². The van der Waals surface area contributed by atoms with E-state index in [1.165, 1.54) is 6.07 Å². The fourth-order valence-corrected chi connectivity index (χ4v) is 3.86. The molecule has 3 nitrogen and oxygen atoms in total. The number of nitrogens with zero attached hydrogens (tertiary/aromatic N) is 2. The number of aromatic nitrogens is 1. The predicted octanol–water partition coefficient (Wildman–Crippen LogP) is 4.77. The lowest BCUT2D eigenvalue weighted by molar-refractivity contribution is 0.215. The lowest BCUT2D eigenvalue weighted by Gasteiger charge is -2.31. The quantitative estimate of drug-likeness (QED) is 0.660. The zero-order valence-electron chi connectivity index (χ0n) is 15.2. The first-order chi connectivity index (χ1) is 13.2. The summed E-state index contributed by atoms with van der Waals surface area (Å²) < 4.78 is 36.0. The highest BCUT2D eigenvalue weighted by molar-refractivity contribution is 5.33. The van der Waals surface area contributed by atoms with E-state index < -0.39 is 11.6 Å². The molecule has 0 bridgehead atoms. The number of hydrogen-bond donors (Lipinski definition) is 0. The molecule has 0 N–H and O–H groups in total. The zero-order valence-corrected chi connectivity index (χ0v) is 15.2. The van der Waals surface area contributed by atoms with E-state index >= 15 is 0 Å². The number of hydrogen-bond acceptors (Lipinski definition) is 2. The number of rotatable bonds is 4. The molecule has 0 saturated heterocycles. The summed E-state index contributed by atoms with van der Waals surface area (Å²) in [6.07, 6.45) is 2.96. The van der Waals surface area contributed by atoms with Crippen LogP contribution in [0.2, 0.25) is 0 Å². The molecule has 0 aliphatic carbocycles. The van der Waals surface area contributed by atoms with E-state index in [9.17, 15) is 8.78 Å². The van der Waals surface area contributed by atoms with Crippen molar-refractivity contribution >= 4 is 0 Å². The zero-order chi connectivity index (χ0) is 18.8. The van der Waals surface area contributed by atoms with Gasteiger partial charge in [0.2, 0.25) is 0 Å². The maximum atomic E-state index is 14.7. The second kappa shape index (κ2) is 7.53. The highest BCUT2D eigenvalue weighted by Crippen LogP contribution is 2.35. The average molecular weight is 368 g/mol. The van der Waals surface area contributed by atoms with Gasteiger partial charge in [0.25, 0.3) is 0 Å². The second-order valence-corrected chi connectivity index (χ2v) is 6.84. The molecular weight excluding hydrogens is 346 g/mol. The predicted molar refractivity (Wildman–Crippen MR) is 101 cm³/mol. The van der Waals surface area contributed by atoms with Crippen LogP contribution in [0.1, 0.15) is 29.3 Å². The molecule has 1 atom stereocenters. The minimum Gasteiger partial charge on any atom is -0.497 e. The second-order valence-electron chi connectivity index (χ2n) is 6.84. The molecule has 0 fully saturated rings. The highest BCUT2D eigenvalue weighted by Gasteiger charge is 2.30. The Labute approximate surface area is 157 Å². The van der Waals surface area contributed by atoms with E-state index in [0.29, 0.717) is 12.1 Å². The largest absolute Gasteiger partial charge is 0.497 e. The third kappa shape index (κ3) is 3.47. The summed E-state index contributed by atoms with van der Waals surface area (Å²) in [5.41, 5.74) is 2.48. The van der Waals surface area contributed by atoms with Gasteiger partial charge in [-0.15, -0.1) is 0 Å². The van der Waals surface area contributed by atoms with Crippen molar-refractivity contribution in [2.75, 3.05) is 13.7 Å². The molecule has 0 saturated carbocycles. The van der Waals surface area contributed by atoms with Crippen LogP contribution in [0, 0.1) is 11.6 Å². The van der Waals surface area contributed by atoms with Crippen molar-refractivity contribution in [2.45, 2.75) is 25.6 Å². The first kappa shape index (κ1) is 17.7. The third-order valence-electron chi connectivity index (χ3n) is 5.18. The molecule has 140 valence electrons. The average Bonchev–Trinajstić information content (AvgIpc) is 3.07. The van der Waals surface area contributed by atoms with Crippen LogP contribution >= 0.6 is 0 Å². The Morgan fingerprint density at radius 2 is 1.81 bits per heavy atom. The van der Waals surface area contributed by atoms with E-state index in [4.69, 9.17) is 4.74 Å². The van der Waals surface area contributed by atoms with Gasteiger partial charge in [0.05, 0.1) is 13.2 Å². The fourth-order valence-electron chi connectivity index (χ4n) is 3.86. The highest BCUT2D eigenvalue weighted by atomic mass is 19.2. The molecule has 1 aliphatic rings. The van der Waals surface area contributed by atoms with Crippen molar-refractivity contribution < 1.29 is 13.5 Å². The molecule has 5 heteroatoms. The molecule has 27 heavy (non-hydrogen) atoms. The molecule has 0 spiro atoms. The first-order valence-corrected chi connectivity index (χ1v) is 9.13. The summed E-state index contributed by atoms with van der Waals surface area (Å²) in [5.74, 6) is -0.771. The van der Waals surface area contributed by atoms with Gasteiger partial charge < -0.3 is 9.30 Å². The van der Waals surface area contributed by atoms with E-state index in [-0.39, 0.29) is 6.04 Å². The van der Waals surface area contributed by atoms with Gasteiger partial charge in [0.15, 0.2) is 11.6 Å². The molecule has 2 aromatic carbocycles.